The number of carbonyl (C=O) groups excluding carboxylic acids is 1. The van der Waals surface area contributed by atoms with Crippen molar-refractivity contribution in [1.82, 2.24) is 20.0 Å². The lowest BCUT2D eigenvalue weighted by Crippen LogP contribution is -2.39. The highest BCUT2D eigenvalue weighted by atomic mass is 16.1. The average Bonchev–Trinajstić information content (AvgIpc) is 2.84. The number of hydrogen-bond acceptors (Lipinski definition) is 4. The van der Waals surface area contributed by atoms with E-state index in [-0.39, 0.29) is 5.91 Å². The summed E-state index contributed by atoms with van der Waals surface area (Å²) in [7, 11) is 2.14. The van der Waals surface area contributed by atoms with Crippen LogP contribution in [0.5, 0.6) is 0 Å². The number of carbonyl (C=O) groups is 1. The Hall–Kier alpha value is -1.40. The van der Waals surface area contributed by atoms with E-state index in [2.05, 4.69) is 22.4 Å². The second kappa shape index (κ2) is 7.56. The lowest BCUT2D eigenvalue weighted by Gasteiger charge is -2.29. The number of nitrogens with one attached hydrogen (secondary N) is 1. The third-order valence-corrected chi connectivity index (χ3v) is 4.20. The van der Waals surface area contributed by atoms with Crippen molar-refractivity contribution in [2.75, 3.05) is 33.2 Å². The van der Waals surface area contributed by atoms with Crippen LogP contribution in [0.15, 0.2) is 6.20 Å². The zero-order valence-electron chi connectivity index (χ0n) is 13.1. The summed E-state index contributed by atoms with van der Waals surface area (Å²) in [6.45, 7) is 6.31. The fourth-order valence-corrected chi connectivity index (χ4v) is 2.91. The van der Waals surface area contributed by atoms with Crippen LogP contribution in [0.3, 0.4) is 0 Å². The zero-order chi connectivity index (χ0) is 15.2. The Kier molecular flexibility index (Phi) is 5.76. The summed E-state index contributed by atoms with van der Waals surface area (Å²) in [5.41, 5.74) is 7.11. The van der Waals surface area contributed by atoms with Crippen LogP contribution in [0.1, 0.15) is 35.3 Å². The predicted molar refractivity (Wildman–Crippen MR) is 83.2 cm³/mol. The van der Waals surface area contributed by atoms with E-state index in [0.29, 0.717) is 18.0 Å². The first-order chi connectivity index (χ1) is 10.1. The SMILES string of the molecule is Cc1c(C(=O)NCC2CCCN(C)C2)cnn1CCCN. The molecule has 1 amide bonds. The number of hydrogen-bond donors (Lipinski definition) is 2. The second-order valence-corrected chi connectivity index (χ2v) is 5.99. The first-order valence-electron chi connectivity index (χ1n) is 7.81. The van der Waals surface area contributed by atoms with Crippen LogP contribution < -0.4 is 11.1 Å². The summed E-state index contributed by atoms with van der Waals surface area (Å²) in [6.07, 6.45) is 4.94. The molecule has 1 aliphatic heterocycles. The van der Waals surface area contributed by atoms with E-state index in [1.165, 1.54) is 12.8 Å². The highest BCUT2D eigenvalue weighted by Gasteiger charge is 2.19. The highest BCUT2D eigenvalue weighted by Crippen LogP contribution is 2.14. The van der Waals surface area contributed by atoms with Gasteiger partial charge in [0.25, 0.3) is 5.91 Å². The molecule has 118 valence electrons. The van der Waals surface area contributed by atoms with Crippen molar-refractivity contribution in [2.24, 2.45) is 11.7 Å². The first kappa shape index (κ1) is 16.0. The van der Waals surface area contributed by atoms with Gasteiger partial charge in [-0.15, -0.1) is 0 Å². The molecule has 3 N–H and O–H groups in total. The Labute approximate surface area is 126 Å². The minimum Gasteiger partial charge on any atom is -0.352 e. The molecular weight excluding hydrogens is 266 g/mol. The minimum absolute atomic E-state index is 0.0141. The predicted octanol–water partition coefficient (Wildman–Crippen LogP) is 0.612. The summed E-state index contributed by atoms with van der Waals surface area (Å²) in [6, 6.07) is 0. The molecule has 6 heteroatoms. The molecule has 0 aromatic carbocycles. The quantitative estimate of drug-likeness (QED) is 0.806. The molecule has 0 saturated carbocycles. The van der Waals surface area contributed by atoms with Crippen LogP contribution in [0.25, 0.3) is 0 Å². The van der Waals surface area contributed by atoms with Crippen molar-refractivity contribution in [2.45, 2.75) is 32.7 Å². The maximum atomic E-state index is 12.3. The van der Waals surface area contributed by atoms with Gasteiger partial charge in [0.05, 0.1) is 11.8 Å². The fourth-order valence-electron chi connectivity index (χ4n) is 2.91. The van der Waals surface area contributed by atoms with E-state index in [4.69, 9.17) is 5.73 Å². The Morgan fingerprint density at radius 1 is 1.57 bits per heavy atom. The van der Waals surface area contributed by atoms with Gasteiger partial charge >= 0.3 is 0 Å². The van der Waals surface area contributed by atoms with E-state index >= 15 is 0 Å². The summed E-state index contributed by atoms with van der Waals surface area (Å²) < 4.78 is 1.86. The topological polar surface area (TPSA) is 76.2 Å². The summed E-state index contributed by atoms with van der Waals surface area (Å²) in [5.74, 6) is 0.542. The molecule has 1 fully saturated rings. The number of nitrogens with zero attached hydrogens (tertiary/aromatic N) is 3. The summed E-state index contributed by atoms with van der Waals surface area (Å²) in [4.78, 5) is 14.6. The van der Waals surface area contributed by atoms with E-state index in [9.17, 15) is 4.79 Å². The molecule has 1 aromatic rings. The minimum atomic E-state index is -0.0141. The molecule has 2 heterocycles. The van der Waals surface area contributed by atoms with Gasteiger partial charge in [0.1, 0.15) is 0 Å². The van der Waals surface area contributed by atoms with Crippen LogP contribution in [-0.2, 0) is 6.54 Å². The molecule has 1 aromatic heterocycles. The van der Waals surface area contributed by atoms with E-state index < -0.39 is 0 Å². The van der Waals surface area contributed by atoms with Gasteiger partial charge in [-0.2, -0.15) is 5.10 Å². The lowest BCUT2D eigenvalue weighted by atomic mass is 9.98. The summed E-state index contributed by atoms with van der Waals surface area (Å²) >= 11 is 0. The van der Waals surface area contributed by atoms with Gasteiger partial charge in [0.2, 0.25) is 0 Å². The van der Waals surface area contributed by atoms with Gasteiger partial charge in [0.15, 0.2) is 0 Å². The molecule has 1 unspecified atom stereocenters. The van der Waals surface area contributed by atoms with Crippen molar-refractivity contribution < 1.29 is 4.79 Å². The van der Waals surface area contributed by atoms with Crippen molar-refractivity contribution in [3.63, 3.8) is 0 Å². The van der Waals surface area contributed by atoms with Gasteiger partial charge in [-0.3, -0.25) is 9.48 Å². The van der Waals surface area contributed by atoms with Crippen molar-refractivity contribution >= 4 is 5.91 Å². The van der Waals surface area contributed by atoms with Gasteiger partial charge < -0.3 is 16.0 Å². The number of amides is 1. The second-order valence-electron chi connectivity index (χ2n) is 5.99. The molecule has 6 nitrogen and oxygen atoms in total. The average molecular weight is 293 g/mol. The Balaban J connectivity index is 1.87. The number of rotatable bonds is 6. The van der Waals surface area contributed by atoms with E-state index in [0.717, 1.165) is 38.3 Å². The maximum Gasteiger partial charge on any atom is 0.254 e. The van der Waals surface area contributed by atoms with Crippen LogP contribution in [-0.4, -0.2) is 53.8 Å². The molecule has 0 aliphatic carbocycles. The van der Waals surface area contributed by atoms with Gasteiger partial charge in [0, 0.05) is 25.3 Å². The maximum absolute atomic E-state index is 12.3. The lowest BCUT2D eigenvalue weighted by molar-refractivity contribution is 0.0936. The van der Waals surface area contributed by atoms with Crippen LogP contribution in [0.4, 0.5) is 0 Å². The Bertz CT molecular complexity index is 471. The van der Waals surface area contributed by atoms with Crippen LogP contribution in [0, 0.1) is 12.8 Å². The van der Waals surface area contributed by atoms with Gasteiger partial charge in [-0.1, -0.05) is 0 Å². The smallest absolute Gasteiger partial charge is 0.254 e. The number of aryl methyl sites for hydroxylation is 1. The molecule has 21 heavy (non-hydrogen) atoms. The van der Waals surface area contributed by atoms with Gasteiger partial charge in [-0.05, 0) is 52.2 Å². The van der Waals surface area contributed by atoms with E-state index in [1.807, 2.05) is 11.6 Å². The standard InChI is InChI=1S/C15H27N5O/c1-12-14(10-18-20(12)8-4-6-16)15(21)17-9-13-5-3-7-19(2)11-13/h10,13H,3-9,11,16H2,1-2H3,(H,17,21). The number of piperidine rings is 1. The number of aromatic nitrogens is 2. The molecule has 1 atom stereocenters. The zero-order valence-corrected chi connectivity index (χ0v) is 13.1. The molecule has 0 bridgehead atoms. The van der Waals surface area contributed by atoms with Crippen LogP contribution >= 0.6 is 0 Å². The third kappa shape index (κ3) is 4.28. The molecule has 1 aliphatic rings. The number of likely N-dealkylation sites (tertiary alicyclic amines) is 1. The largest absolute Gasteiger partial charge is 0.352 e. The van der Waals surface area contributed by atoms with E-state index in [1.54, 1.807) is 6.20 Å². The van der Waals surface area contributed by atoms with Gasteiger partial charge in [-0.25, -0.2) is 0 Å². The molecule has 2 rings (SSSR count). The normalized spacial score (nSPS) is 19.7. The van der Waals surface area contributed by atoms with Crippen molar-refractivity contribution in [3.05, 3.63) is 17.5 Å². The van der Waals surface area contributed by atoms with Crippen molar-refractivity contribution in [1.29, 1.82) is 0 Å². The third-order valence-electron chi connectivity index (χ3n) is 4.20. The number of nitrogens with two attached hydrogens (primary N) is 1. The van der Waals surface area contributed by atoms with Crippen molar-refractivity contribution in [3.8, 4) is 0 Å². The Morgan fingerprint density at radius 2 is 2.38 bits per heavy atom. The first-order valence-corrected chi connectivity index (χ1v) is 7.81. The highest BCUT2D eigenvalue weighted by molar-refractivity contribution is 5.95. The molecule has 0 spiro atoms. The molecule has 1 saturated heterocycles. The Morgan fingerprint density at radius 3 is 3.10 bits per heavy atom. The fraction of sp³-hybridized carbons (Fsp3) is 0.733. The monoisotopic (exact) mass is 293 g/mol. The molecule has 0 radical (unpaired) electrons. The molecular formula is C15H27N5O. The van der Waals surface area contributed by atoms with Crippen LogP contribution in [0.2, 0.25) is 0 Å². The summed E-state index contributed by atoms with van der Waals surface area (Å²) in [5, 5.41) is 7.33.